The van der Waals surface area contributed by atoms with E-state index in [0.29, 0.717) is 22.3 Å². The molecular weight excluding hydrogens is 595 g/mol. The average molecular weight is 621 g/mol. The highest BCUT2D eigenvalue weighted by atomic mass is 32.2. The number of rotatable bonds is 11. The summed E-state index contributed by atoms with van der Waals surface area (Å²) in [5.74, 6) is -1.93. The second-order valence-corrected chi connectivity index (χ2v) is 11.7. The molecule has 10 nitrogen and oxygen atoms in total. The highest BCUT2D eigenvalue weighted by molar-refractivity contribution is 8.00. The Bertz CT molecular complexity index is 1710. The van der Waals surface area contributed by atoms with Gasteiger partial charge in [-0.1, -0.05) is 66.8 Å². The first-order valence-electron chi connectivity index (χ1n) is 13.3. The predicted octanol–water partition coefficient (Wildman–Crippen LogP) is 6.68. The highest BCUT2D eigenvalue weighted by Crippen LogP contribution is 2.44. The molecule has 1 saturated heterocycles. The molecule has 13 heteroatoms. The van der Waals surface area contributed by atoms with Crippen molar-refractivity contribution >= 4 is 51.4 Å². The van der Waals surface area contributed by atoms with Crippen LogP contribution in [0.2, 0.25) is 0 Å². The maximum absolute atomic E-state index is 14.1. The van der Waals surface area contributed by atoms with Gasteiger partial charge in [0.25, 0.3) is 11.5 Å². The molecule has 0 saturated carbocycles. The van der Waals surface area contributed by atoms with Crippen LogP contribution in [0.15, 0.2) is 82.7 Å². The Kier molecular flexibility index (Phi) is 9.12. The summed E-state index contributed by atoms with van der Waals surface area (Å²) in [6, 6.07) is 17.0. The third-order valence-electron chi connectivity index (χ3n) is 6.65. The number of ketones is 1. The van der Waals surface area contributed by atoms with E-state index in [1.165, 1.54) is 42.1 Å². The molecular formula is C30H25FN4O6S2. The van der Waals surface area contributed by atoms with E-state index in [4.69, 9.17) is 4.74 Å². The lowest BCUT2D eigenvalue weighted by Crippen LogP contribution is -2.29. The molecule has 1 amide bonds. The van der Waals surface area contributed by atoms with Crippen LogP contribution in [0.3, 0.4) is 0 Å². The molecule has 1 fully saturated rings. The van der Waals surface area contributed by atoms with E-state index in [1.807, 2.05) is 6.92 Å². The number of aliphatic hydroxyl groups excluding tert-OH is 1. The Morgan fingerprint density at radius 2 is 1.88 bits per heavy atom. The number of non-ortho nitro benzene ring substituents is 1. The van der Waals surface area contributed by atoms with Crippen molar-refractivity contribution in [2.24, 2.45) is 0 Å². The second kappa shape index (κ2) is 13.1. The van der Waals surface area contributed by atoms with Crippen LogP contribution in [0.5, 0.6) is 5.75 Å². The van der Waals surface area contributed by atoms with Gasteiger partial charge in [-0.3, -0.25) is 24.6 Å². The number of hydrogen-bond donors (Lipinski definition) is 1. The Morgan fingerprint density at radius 3 is 2.60 bits per heavy atom. The quantitative estimate of drug-likeness (QED) is 0.0284. The summed E-state index contributed by atoms with van der Waals surface area (Å²) in [6.07, 6.45) is 1.85. The minimum Gasteiger partial charge on any atom is -0.507 e. The van der Waals surface area contributed by atoms with Gasteiger partial charge in [0, 0.05) is 23.4 Å². The topological polar surface area (TPSA) is 136 Å². The van der Waals surface area contributed by atoms with Gasteiger partial charge >= 0.3 is 5.91 Å². The number of ether oxygens (including phenoxy) is 1. The molecule has 43 heavy (non-hydrogen) atoms. The van der Waals surface area contributed by atoms with Crippen LogP contribution in [0.25, 0.3) is 5.76 Å². The number of carbonyl (C=O) groups excluding carboxylic acids is 2. The molecule has 1 aliphatic rings. The van der Waals surface area contributed by atoms with Gasteiger partial charge in [0.05, 0.1) is 23.1 Å². The summed E-state index contributed by atoms with van der Waals surface area (Å²) in [5, 5.41) is 31.2. The number of nitro benzene ring substituents is 1. The van der Waals surface area contributed by atoms with Crippen LogP contribution in [0.4, 0.5) is 15.2 Å². The van der Waals surface area contributed by atoms with Crippen LogP contribution in [0.1, 0.15) is 42.5 Å². The van der Waals surface area contributed by atoms with Crippen molar-refractivity contribution in [3.05, 3.63) is 111 Å². The molecule has 0 spiro atoms. The third-order valence-corrected chi connectivity index (χ3v) is 8.75. The minimum atomic E-state index is -1.22. The highest BCUT2D eigenvalue weighted by Gasteiger charge is 2.48. The Labute approximate surface area is 254 Å². The lowest BCUT2D eigenvalue weighted by Gasteiger charge is -2.22. The van der Waals surface area contributed by atoms with Crippen LogP contribution in [-0.4, -0.2) is 38.5 Å². The fraction of sp³-hybridized carbons (Fsp3) is 0.200. The van der Waals surface area contributed by atoms with E-state index in [0.717, 1.165) is 29.1 Å². The van der Waals surface area contributed by atoms with Gasteiger partial charge < -0.3 is 9.84 Å². The number of nitro groups is 1. The molecule has 5 rings (SSSR count). The molecule has 1 aliphatic heterocycles. The maximum Gasteiger partial charge on any atom is 0.301 e. The first kappa shape index (κ1) is 29.9. The van der Waals surface area contributed by atoms with Gasteiger partial charge in [-0.2, -0.15) is 0 Å². The SMILES string of the molecule is CCCCOc1ccc(/C(O)=C2/C(=O)C(=O)N(c3nnc(SCc4ccccc4F)s3)C2c2cccc([N+](=O)[O-])c2)cc1. The summed E-state index contributed by atoms with van der Waals surface area (Å²) >= 11 is 2.21. The first-order chi connectivity index (χ1) is 20.8. The smallest absolute Gasteiger partial charge is 0.301 e. The van der Waals surface area contributed by atoms with Gasteiger partial charge in [-0.15, -0.1) is 10.2 Å². The zero-order valence-electron chi connectivity index (χ0n) is 22.8. The molecule has 1 unspecified atom stereocenters. The van der Waals surface area contributed by atoms with Crippen molar-refractivity contribution in [2.75, 3.05) is 11.5 Å². The number of benzene rings is 3. The number of carbonyl (C=O) groups is 2. The second-order valence-electron chi connectivity index (χ2n) is 9.48. The molecule has 0 aliphatic carbocycles. The van der Waals surface area contributed by atoms with Crippen molar-refractivity contribution in [2.45, 2.75) is 35.9 Å². The number of halogens is 1. The standard InChI is InChI=1S/C30H25FN4O6S2/c1-2-3-15-41-22-13-11-18(12-14-22)26(36)24-25(19-8-6-9-21(16-19)35(39)40)34(28(38)27(24)37)29-32-33-30(43-29)42-17-20-7-4-5-10-23(20)31/h4-14,16,25,36H,2-3,15,17H2,1H3/b26-24-. The number of nitrogens with zero attached hydrogens (tertiary/aromatic N) is 4. The Balaban J connectivity index is 1.53. The molecule has 2 heterocycles. The van der Waals surface area contributed by atoms with Crippen molar-refractivity contribution in [3.63, 3.8) is 0 Å². The number of hydrogen-bond acceptors (Lipinski definition) is 10. The summed E-state index contributed by atoms with van der Waals surface area (Å²) in [5.41, 5.74) is 0.443. The van der Waals surface area contributed by atoms with Gasteiger partial charge in [-0.05, 0) is 47.9 Å². The maximum atomic E-state index is 14.1. The van der Waals surface area contributed by atoms with E-state index in [1.54, 1.807) is 42.5 Å². The van der Waals surface area contributed by atoms with E-state index < -0.39 is 28.4 Å². The Hall–Kier alpha value is -4.62. The normalized spacial score (nSPS) is 16.0. The number of unbranched alkanes of at least 4 members (excludes halogenated alkanes) is 1. The average Bonchev–Trinajstić information content (AvgIpc) is 3.58. The number of aliphatic hydroxyl groups is 1. The van der Waals surface area contributed by atoms with Crippen molar-refractivity contribution in [3.8, 4) is 5.75 Å². The van der Waals surface area contributed by atoms with E-state index in [9.17, 15) is 29.2 Å². The molecule has 220 valence electrons. The summed E-state index contributed by atoms with van der Waals surface area (Å²) in [7, 11) is 0. The zero-order valence-corrected chi connectivity index (χ0v) is 24.4. The fourth-order valence-corrected chi connectivity index (χ4v) is 6.32. The van der Waals surface area contributed by atoms with Crippen molar-refractivity contribution in [1.82, 2.24) is 10.2 Å². The number of thioether (sulfide) groups is 1. The molecule has 1 N–H and O–H groups in total. The number of Topliss-reactive ketones (excluding diaryl/α,β-unsaturated/α-hetero) is 1. The summed E-state index contributed by atoms with van der Waals surface area (Å²) in [6.45, 7) is 2.58. The molecule has 1 atom stereocenters. The lowest BCUT2D eigenvalue weighted by atomic mass is 9.95. The number of amides is 1. The zero-order chi connectivity index (χ0) is 30.5. The van der Waals surface area contributed by atoms with E-state index in [-0.39, 0.29) is 39.1 Å². The molecule has 0 radical (unpaired) electrons. The fourth-order valence-electron chi connectivity index (χ4n) is 4.47. The van der Waals surface area contributed by atoms with Crippen LogP contribution < -0.4 is 9.64 Å². The summed E-state index contributed by atoms with van der Waals surface area (Å²) in [4.78, 5) is 39.0. The number of aromatic nitrogens is 2. The van der Waals surface area contributed by atoms with Crippen molar-refractivity contribution < 1.29 is 28.7 Å². The minimum absolute atomic E-state index is 0.0494. The molecule has 4 aromatic rings. The van der Waals surface area contributed by atoms with Crippen LogP contribution in [0, 0.1) is 15.9 Å². The van der Waals surface area contributed by atoms with E-state index in [2.05, 4.69) is 10.2 Å². The van der Waals surface area contributed by atoms with Crippen molar-refractivity contribution in [1.29, 1.82) is 0 Å². The largest absolute Gasteiger partial charge is 0.507 e. The first-order valence-corrected chi connectivity index (χ1v) is 15.1. The van der Waals surface area contributed by atoms with Crippen LogP contribution in [-0.2, 0) is 15.3 Å². The van der Waals surface area contributed by atoms with Gasteiger partial charge in [0.2, 0.25) is 5.13 Å². The number of anilines is 1. The molecule has 1 aromatic heterocycles. The lowest BCUT2D eigenvalue weighted by molar-refractivity contribution is -0.384. The van der Waals surface area contributed by atoms with Gasteiger partial charge in [0.1, 0.15) is 17.3 Å². The van der Waals surface area contributed by atoms with Gasteiger partial charge in [-0.25, -0.2) is 4.39 Å². The van der Waals surface area contributed by atoms with Crippen LogP contribution >= 0.6 is 23.1 Å². The van der Waals surface area contributed by atoms with Gasteiger partial charge in [0.15, 0.2) is 4.34 Å². The summed E-state index contributed by atoms with van der Waals surface area (Å²) < 4.78 is 20.2. The third kappa shape index (κ3) is 6.42. The molecule has 0 bridgehead atoms. The predicted molar refractivity (Wildman–Crippen MR) is 161 cm³/mol. The monoisotopic (exact) mass is 620 g/mol. The molecule has 3 aromatic carbocycles. The Morgan fingerprint density at radius 1 is 1.12 bits per heavy atom. The van der Waals surface area contributed by atoms with E-state index >= 15 is 0 Å².